The molecular formula is C10H16N2O2S. The zero-order valence-electron chi connectivity index (χ0n) is 9.06. The van der Waals surface area contributed by atoms with Gasteiger partial charge < -0.3 is 10.0 Å². The molecule has 0 saturated carbocycles. The van der Waals surface area contributed by atoms with Crippen LogP contribution in [0, 0.1) is 6.92 Å². The summed E-state index contributed by atoms with van der Waals surface area (Å²) in [4.78, 5) is 17.9. The fourth-order valence-electron chi connectivity index (χ4n) is 1.30. The molecule has 0 amide bonds. The summed E-state index contributed by atoms with van der Waals surface area (Å²) in [6.07, 6.45) is 0.940. The molecule has 0 spiro atoms. The van der Waals surface area contributed by atoms with E-state index in [1.807, 2.05) is 19.5 Å². The molecule has 0 aliphatic carbocycles. The van der Waals surface area contributed by atoms with E-state index in [0.717, 1.165) is 18.8 Å². The molecule has 0 atom stereocenters. The minimum atomic E-state index is -0.725. The number of hydrogen-bond donors (Lipinski definition) is 1. The van der Waals surface area contributed by atoms with Crippen LogP contribution in [0.15, 0.2) is 5.51 Å². The highest BCUT2D eigenvalue weighted by Crippen LogP contribution is 2.14. The van der Waals surface area contributed by atoms with Gasteiger partial charge in [0.05, 0.1) is 11.2 Å². The van der Waals surface area contributed by atoms with Crippen molar-refractivity contribution in [2.45, 2.75) is 26.3 Å². The molecular weight excluding hydrogens is 212 g/mol. The highest BCUT2D eigenvalue weighted by molar-refractivity contribution is 7.09. The number of aliphatic carboxylic acids is 1. The number of carbonyl (C=O) groups is 1. The van der Waals surface area contributed by atoms with Gasteiger partial charge in [-0.25, -0.2) is 4.98 Å². The van der Waals surface area contributed by atoms with Gasteiger partial charge in [0.25, 0.3) is 0 Å². The van der Waals surface area contributed by atoms with E-state index in [-0.39, 0.29) is 6.42 Å². The number of hydrogen-bond acceptors (Lipinski definition) is 4. The van der Waals surface area contributed by atoms with E-state index in [0.29, 0.717) is 6.42 Å². The molecule has 0 radical (unpaired) electrons. The molecule has 1 rings (SSSR count). The van der Waals surface area contributed by atoms with Crippen molar-refractivity contribution < 1.29 is 9.90 Å². The quantitative estimate of drug-likeness (QED) is 0.806. The number of rotatable bonds is 6. The first-order valence-electron chi connectivity index (χ1n) is 4.89. The normalized spacial score (nSPS) is 10.9. The minimum absolute atomic E-state index is 0.242. The van der Waals surface area contributed by atoms with Crippen molar-refractivity contribution in [1.82, 2.24) is 9.88 Å². The third-order valence-corrected chi connectivity index (χ3v) is 3.11. The van der Waals surface area contributed by atoms with Crippen molar-refractivity contribution in [3.05, 3.63) is 16.1 Å². The first-order valence-corrected chi connectivity index (χ1v) is 5.77. The number of carboxylic acid groups (broad SMARTS) is 1. The minimum Gasteiger partial charge on any atom is -0.481 e. The summed E-state index contributed by atoms with van der Waals surface area (Å²) in [5, 5.41) is 8.50. The topological polar surface area (TPSA) is 53.4 Å². The second-order valence-corrected chi connectivity index (χ2v) is 4.54. The van der Waals surface area contributed by atoms with Crippen LogP contribution in [0.3, 0.4) is 0 Å². The van der Waals surface area contributed by atoms with Gasteiger partial charge in [-0.2, -0.15) is 0 Å². The number of aryl methyl sites for hydroxylation is 1. The van der Waals surface area contributed by atoms with Crippen molar-refractivity contribution >= 4 is 17.3 Å². The van der Waals surface area contributed by atoms with Crippen molar-refractivity contribution in [1.29, 1.82) is 0 Å². The molecule has 0 fully saturated rings. The Morgan fingerprint density at radius 2 is 2.40 bits per heavy atom. The maximum Gasteiger partial charge on any atom is 0.303 e. The average Bonchev–Trinajstić information content (AvgIpc) is 2.51. The van der Waals surface area contributed by atoms with Gasteiger partial charge in [-0.1, -0.05) is 0 Å². The first-order chi connectivity index (χ1) is 7.09. The Hall–Kier alpha value is -0.940. The molecule has 15 heavy (non-hydrogen) atoms. The molecule has 0 saturated heterocycles. The number of nitrogens with zero attached hydrogens (tertiary/aromatic N) is 2. The third kappa shape index (κ3) is 4.40. The van der Waals surface area contributed by atoms with Gasteiger partial charge in [-0.05, 0) is 26.9 Å². The second-order valence-electron chi connectivity index (χ2n) is 3.60. The SMILES string of the molecule is Cc1ncsc1CN(C)CCCC(=O)O. The first kappa shape index (κ1) is 12.1. The van der Waals surface area contributed by atoms with Crippen LogP contribution in [0.25, 0.3) is 0 Å². The maximum absolute atomic E-state index is 10.3. The van der Waals surface area contributed by atoms with Gasteiger partial charge in [0.15, 0.2) is 0 Å². The Kier molecular flexibility index (Phi) is 4.71. The van der Waals surface area contributed by atoms with Gasteiger partial charge in [0.2, 0.25) is 0 Å². The molecule has 0 unspecified atom stereocenters. The summed E-state index contributed by atoms with van der Waals surface area (Å²) < 4.78 is 0. The van der Waals surface area contributed by atoms with Crippen LogP contribution >= 0.6 is 11.3 Å². The predicted octanol–water partition coefficient (Wildman–Crippen LogP) is 1.75. The second kappa shape index (κ2) is 5.82. The largest absolute Gasteiger partial charge is 0.481 e. The maximum atomic E-state index is 10.3. The summed E-state index contributed by atoms with van der Waals surface area (Å²) in [5.74, 6) is -0.725. The monoisotopic (exact) mass is 228 g/mol. The smallest absolute Gasteiger partial charge is 0.303 e. The van der Waals surface area contributed by atoms with E-state index < -0.39 is 5.97 Å². The highest BCUT2D eigenvalue weighted by atomic mass is 32.1. The predicted molar refractivity (Wildman–Crippen MR) is 60.1 cm³/mol. The van der Waals surface area contributed by atoms with E-state index in [1.165, 1.54) is 4.88 Å². The molecule has 0 aliphatic heterocycles. The van der Waals surface area contributed by atoms with E-state index in [9.17, 15) is 4.79 Å². The van der Waals surface area contributed by atoms with Gasteiger partial charge in [-0.3, -0.25) is 4.79 Å². The standard InChI is InChI=1S/C10H16N2O2S/c1-8-9(15-7-11-8)6-12(2)5-3-4-10(13)14/h7H,3-6H2,1-2H3,(H,13,14). The van der Waals surface area contributed by atoms with Crippen LogP contribution in [-0.2, 0) is 11.3 Å². The fraction of sp³-hybridized carbons (Fsp3) is 0.600. The van der Waals surface area contributed by atoms with Crippen molar-refractivity contribution in [3.63, 3.8) is 0 Å². The molecule has 0 aromatic carbocycles. The third-order valence-electron chi connectivity index (χ3n) is 2.19. The Bertz CT molecular complexity index is 325. The van der Waals surface area contributed by atoms with Crippen molar-refractivity contribution in [3.8, 4) is 0 Å². The zero-order chi connectivity index (χ0) is 11.3. The summed E-state index contributed by atoms with van der Waals surface area (Å²) in [7, 11) is 2.00. The lowest BCUT2D eigenvalue weighted by Crippen LogP contribution is -2.19. The van der Waals surface area contributed by atoms with E-state index >= 15 is 0 Å². The van der Waals surface area contributed by atoms with E-state index in [4.69, 9.17) is 5.11 Å². The fourth-order valence-corrected chi connectivity index (χ4v) is 2.16. The lowest BCUT2D eigenvalue weighted by Gasteiger charge is -2.14. The number of aromatic nitrogens is 1. The van der Waals surface area contributed by atoms with Crippen LogP contribution in [0.1, 0.15) is 23.4 Å². The van der Waals surface area contributed by atoms with Gasteiger partial charge in [0.1, 0.15) is 0 Å². The number of thiazole rings is 1. The Balaban J connectivity index is 2.27. The van der Waals surface area contributed by atoms with Crippen LogP contribution in [-0.4, -0.2) is 34.6 Å². The molecule has 1 aromatic rings. The van der Waals surface area contributed by atoms with Crippen LogP contribution in [0.2, 0.25) is 0 Å². The Morgan fingerprint density at radius 3 is 2.93 bits per heavy atom. The molecule has 4 nitrogen and oxygen atoms in total. The molecule has 0 bridgehead atoms. The van der Waals surface area contributed by atoms with Gasteiger partial charge in [0, 0.05) is 17.8 Å². The Labute approximate surface area is 93.6 Å². The van der Waals surface area contributed by atoms with E-state index in [1.54, 1.807) is 11.3 Å². The lowest BCUT2D eigenvalue weighted by atomic mass is 10.3. The summed E-state index contributed by atoms with van der Waals surface area (Å²) in [6, 6.07) is 0. The lowest BCUT2D eigenvalue weighted by molar-refractivity contribution is -0.137. The van der Waals surface area contributed by atoms with E-state index in [2.05, 4.69) is 9.88 Å². The van der Waals surface area contributed by atoms with Crippen LogP contribution < -0.4 is 0 Å². The molecule has 1 heterocycles. The summed E-state index contributed by atoms with van der Waals surface area (Å²) >= 11 is 1.65. The highest BCUT2D eigenvalue weighted by Gasteiger charge is 2.06. The van der Waals surface area contributed by atoms with Crippen molar-refractivity contribution in [2.24, 2.45) is 0 Å². The summed E-state index contributed by atoms with van der Waals surface area (Å²) in [6.45, 7) is 3.66. The van der Waals surface area contributed by atoms with Crippen LogP contribution in [0.5, 0.6) is 0 Å². The molecule has 84 valence electrons. The molecule has 5 heteroatoms. The molecule has 1 N–H and O–H groups in total. The summed E-state index contributed by atoms with van der Waals surface area (Å²) in [5.41, 5.74) is 2.92. The Morgan fingerprint density at radius 1 is 1.67 bits per heavy atom. The average molecular weight is 228 g/mol. The molecule has 0 aliphatic rings. The molecule has 1 aromatic heterocycles. The zero-order valence-corrected chi connectivity index (χ0v) is 9.88. The van der Waals surface area contributed by atoms with Crippen LogP contribution in [0.4, 0.5) is 0 Å². The van der Waals surface area contributed by atoms with Crippen molar-refractivity contribution in [2.75, 3.05) is 13.6 Å². The van der Waals surface area contributed by atoms with Gasteiger partial charge in [-0.15, -0.1) is 11.3 Å². The number of carboxylic acids is 1. The van der Waals surface area contributed by atoms with Gasteiger partial charge >= 0.3 is 5.97 Å².